The van der Waals surface area contributed by atoms with Crippen molar-refractivity contribution in [3.8, 4) is 11.3 Å². The number of aromatic nitrogens is 3. The molecule has 7 heteroatoms. The van der Waals surface area contributed by atoms with Gasteiger partial charge in [-0.1, -0.05) is 32.1 Å². The first-order valence-corrected chi connectivity index (χ1v) is 9.42. The van der Waals surface area contributed by atoms with Crippen LogP contribution in [0, 0.1) is 5.92 Å². The Morgan fingerprint density at radius 1 is 1.18 bits per heavy atom. The SMILES string of the molecule is CC(C)C(=O)N1CC=C(c2nc(-c3ccc(N)cc3)c3c(N)nccn23)CC1. The van der Waals surface area contributed by atoms with Crippen molar-refractivity contribution in [2.45, 2.75) is 20.3 Å². The summed E-state index contributed by atoms with van der Waals surface area (Å²) in [5.74, 6) is 1.46. The van der Waals surface area contributed by atoms with Crippen molar-refractivity contribution in [1.29, 1.82) is 0 Å². The minimum atomic E-state index is 0.00481. The summed E-state index contributed by atoms with van der Waals surface area (Å²) in [6.45, 7) is 5.14. The molecule has 1 aliphatic rings. The Hall–Kier alpha value is -3.35. The van der Waals surface area contributed by atoms with Crippen molar-refractivity contribution < 1.29 is 4.79 Å². The van der Waals surface area contributed by atoms with E-state index in [0.29, 0.717) is 24.6 Å². The lowest BCUT2D eigenvalue weighted by molar-refractivity contribution is -0.134. The summed E-state index contributed by atoms with van der Waals surface area (Å²) in [7, 11) is 0. The average molecular weight is 376 g/mol. The summed E-state index contributed by atoms with van der Waals surface area (Å²) in [5.41, 5.74) is 16.3. The van der Waals surface area contributed by atoms with Crippen molar-refractivity contribution in [2.75, 3.05) is 24.6 Å². The first-order valence-electron chi connectivity index (χ1n) is 9.42. The predicted molar refractivity (Wildman–Crippen MR) is 111 cm³/mol. The Bertz CT molecular complexity index is 1060. The van der Waals surface area contributed by atoms with Crippen LogP contribution >= 0.6 is 0 Å². The number of hydrogen-bond donors (Lipinski definition) is 2. The number of benzene rings is 1. The zero-order chi connectivity index (χ0) is 19.8. The number of hydrogen-bond acceptors (Lipinski definition) is 5. The summed E-state index contributed by atoms with van der Waals surface area (Å²) >= 11 is 0. The molecular weight excluding hydrogens is 352 g/mol. The Labute approximate surface area is 163 Å². The molecule has 3 aromatic rings. The molecule has 28 heavy (non-hydrogen) atoms. The van der Waals surface area contributed by atoms with Crippen molar-refractivity contribution in [2.24, 2.45) is 5.92 Å². The average Bonchev–Trinajstić information content (AvgIpc) is 3.09. The van der Waals surface area contributed by atoms with Crippen molar-refractivity contribution in [3.05, 3.63) is 48.6 Å². The van der Waals surface area contributed by atoms with Gasteiger partial charge in [0.05, 0.1) is 0 Å². The number of amides is 1. The molecule has 0 aliphatic carbocycles. The van der Waals surface area contributed by atoms with Gasteiger partial charge in [-0.05, 0) is 24.1 Å². The second kappa shape index (κ2) is 6.99. The van der Waals surface area contributed by atoms with E-state index in [1.54, 1.807) is 6.20 Å². The molecule has 144 valence electrons. The lowest BCUT2D eigenvalue weighted by Gasteiger charge is -2.27. The van der Waals surface area contributed by atoms with Crippen LogP contribution < -0.4 is 11.5 Å². The van der Waals surface area contributed by atoms with Crippen molar-refractivity contribution in [3.63, 3.8) is 0 Å². The summed E-state index contributed by atoms with van der Waals surface area (Å²) in [4.78, 5) is 23.3. The van der Waals surface area contributed by atoms with Gasteiger partial charge in [0.2, 0.25) is 5.91 Å². The molecule has 1 aliphatic heterocycles. The van der Waals surface area contributed by atoms with Gasteiger partial charge in [-0.2, -0.15) is 0 Å². The highest BCUT2D eigenvalue weighted by molar-refractivity contribution is 5.88. The summed E-state index contributed by atoms with van der Waals surface area (Å²) < 4.78 is 1.99. The van der Waals surface area contributed by atoms with Crippen LogP contribution in [0.5, 0.6) is 0 Å². The Kier molecular flexibility index (Phi) is 4.50. The zero-order valence-electron chi connectivity index (χ0n) is 16.1. The van der Waals surface area contributed by atoms with Gasteiger partial charge in [0.1, 0.15) is 22.9 Å². The molecular formula is C21H24N6O. The van der Waals surface area contributed by atoms with Crippen LogP contribution in [-0.2, 0) is 4.79 Å². The van der Waals surface area contributed by atoms with Gasteiger partial charge in [0, 0.05) is 42.7 Å². The fourth-order valence-electron chi connectivity index (χ4n) is 3.57. The number of rotatable bonds is 3. The lowest BCUT2D eigenvalue weighted by atomic mass is 10.1. The lowest BCUT2D eigenvalue weighted by Crippen LogP contribution is -2.37. The van der Waals surface area contributed by atoms with E-state index in [-0.39, 0.29) is 11.8 Å². The highest BCUT2D eigenvalue weighted by Crippen LogP contribution is 2.32. The number of nitrogens with two attached hydrogens (primary N) is 2. The van der Waals surface area contributed by atoms with E-state index >= 15 is 0 Å². The molecule has 4 rings (SSSR count). The molecule has 0 saturated carbocycles. The van der Waals surface area contributed by atoms with E-state index < -0.39 is 0 Å². The molecule has 7 nitrogen and oxygen atoms in total. The third kappa shape index (κ3) is 3.09. The van der Waals surface area contributed by atoms with Gasteiger partial charge in [0.15, 0.2) is 0 Å². The highest BCUT2D eigenvalue weighted by atomic mass is 16.2. The number of anilines is 2. The molecule has 0 unspecified atom stereocenters. The minimum absolute atomic E-state index is 0.00481. The monoisotopic (exact) mass is 376 g/mol. The van der Waals surface area contributed by atoms with Crippen LogP contribution in [0.1, 0.15) is 26.1 Å². The van der Waals surface area contributed by atoms with Gasteiger partial charge in [-0.3, -0.25) is 9.20 Å². The van der Waals surface area contributed by atoms with E-state index in [0.717, 1.165) is 34.6 Å². The topological polar surface area (TPSA) is 103 Å². The number of nitrogen functional groups attached to an aromatic ring is 2. The number of fused-ring (bicyclic) bond motifs is 1. The van der Waals surface area contributed by atoms with E-state index in [1.807, 2.05) is 53.6 Å². The molecule has 1 amide bonds. The Morgan fingerprint density at radius 2 is 1.93 bits per heavy atom. The van der Waals surface area contributed by atoms with E-state index in [1.165, 1.54) is 0 Å². The first kappa shape index (κ1) is 18.0. The van der Waals surface area contributed by atoms with Gasteiger partial charge in [0.25, 0.3) is 0 Å². The number of nitrogens with zero attached hydrogens (tertiary/aromatic N) is 4. The van der Waals surface area contributed by atoms with Gasteiger partial charge in [-0.15, -0.1) is 0 Å². The molecule has 1 aromatic carbocycles. The summed E-state index contributed by atoms with van der Waals surface area (Å²) in [5, 5.41) is 0. The second-order valence-corrected chi connectivity index (χ2v) is 7.36. The number of carbonyl (C=O) groups excluding carboxylic acids is 1. The molecule has 0 saturated heterocycles. The third-order valence-corrected chi connectivity index (χ3v) is 5.07. The van der Waals surface area contributed by atoms with Gasteiger partial charge < -0.3 is 16.4 Å². The Balaban J connectivity index is 1.78. The minimum Gasteiger partial charge on any atom is -0.399 e. The Morgan fingerprint density at radius 3 is 2.57 bits per heavy atom. The quantitative estimate of drug-likeness (QED) is 0.684. The van der Waals surface area contributed by atoms with Crippen LogP contribution in [0.15, 0.2) is 42.7 Å². The van der Waals surface area contributed by atoms with Crippen LogP contribution in [0.3, 0.4) is 0 Å². The highest BCUT2D eigenvalue weighted by Gasteiger charge is 2.23. The largest absolute Gasteiger partial charge is 0.399 e. The predicted octanol–water partition coefficient (Wildman–Crippen LogP) is 2.83. The fourth-order valence-corrected chi connectivity index (χ4v) is 3.57. The fraction of sp³-hybridized carbons (Fsp3) is 0.286. The van der Waals surface area contributed by atoms with Crippen LogP contribution in [-0.4, -0.2) is 38.3 Å². The molecule has 4 N–H and O–H groups in total. The first-order chi connectivity index (χ1) is 13.5. The maximum absolute atomic E-state index is 12.3. The molecule has 0 bridgehead atoms. The van der Waals surface area contributed by atoms with Crippen LogP contribution in [0.2, 0.25) is 0 Å². The number of imidazole rings is 1. The third-order valence-electron chi connectivity index (χ3n) is 5.07. The van der Waals surface area contributed by atoms with E-state index in [9.17, 15) is 4.79 Å². The standard InChI is InChI=1S/C21H24N6O/c1-13(2)21(28)26-10-7-15(8-11-26)20-25-17(14-3-5-16(22)6-4-14)18-19(23)24-9-12-27(18)20/h3-7,9,12-13H,8,10-11,22H2,1-2H3,(H2,23,24). The summed E-state index contributed by atoms with van der Waals surface area (Å²) in [6, 6.07) is 7.57. The van der Waals surface area contributed by atoms with Crippen LogP contribution in [0.4, 0.5) is 11.5 Å². The van der Waals surface area contributed by atoms with Crippen LogP contribution in [0.25, 0.3) is 22.3 Å². The smallest absolute Gasteiger partial charge is 0.225 e. The normalized spacial score (nSPS) is 14.5. The van der Waals surface area contributed by atoms with E-state index in [2.05, 4.69) is 11.1 Å². The number of carbonyl (C=O) groups is 1. The van der Waals surface area contributed by atoms with Crippen molar-refractivity contribution in [1.82, 2.24) is 19.3 Å². The molecule has 2 aromatic heterocycles. The summed E-state index contributed by atoms with van der Waals surface area (Å²) in [6.07, 6.45) is 6.39. The molecule has 0 radical (unpaired) electrons. The maximum atomic E-state index is 12.3. The van der Waals surface area contributed by atoms with Gasteiger partial charge in [-0.25, -0.2) is 9.97 Å². The molecule has 0 spiro atoms. The molecule has 0 fully saturated rings. The maximum Gasteiger partial charge on any atom is 0.225 e. The molecule has 3 heterocycles. The molecule has 0 atom stereocenters. The van der Waals surface area contributed by atoms with E-state index in [4.69, 9.17) is 16.5 Å². The zero-order valence-corrected chi connectivity index (χ0v) is 16.1. The van der Waals surface area contributed by atoms with Crippen molar-refractivity contribution >= 4 is 28.5 Å². The van der Waals surface area contributed by atoms with Gasteiger partial charge >= 0.3 is 0 Å². The second-order valence-electron chi connectivity index (χ2n) is 7.36.